The van der Waals surface area contributed by atoms with Crippen LogP contribution in [0.1, 0.15) is 5.76 Å². The Bertz CT molecular complexity index is 813. The Morgan fingerprint density at radius 3 is 2.87 bits per heavy atom. The molecule has 0 spiro atoms. The molecule has 0 atom stereocenters. The van der Waals surface area contributed by atoms with Gasteiger partial charge in [0.15, 0.2) is 11.0 Å². The second kappa shape index (κ2) is 6.66. The monoisotopic (exact) mass is 332 g/mol. The zero-order valence-corrected chi connectivity index (χ0v) is 13.0. The molecule has 1 aromatic carbocycles. The Hall–Kier alpha value is -2.61. The lowest BCUT2D eigenvalue weighted by Crippen LogP contribution is -2.14. The fourth-order valence-electron chi connectivity index (χ4n) is 1.89. The highest BCUT2D eigenvalue weighted by Gasteiger charge is 2.09. The number of thioether (sulfide) groups is 1. The van der Waals surface area contributed by atoms with Crippen LogP contribution >= 0.6 is 11.8 Å². The van der Waals surface area contributed by atoms with Crippen LogP contribution in [0.2, 0.25) is 0 Å². The van der Waals surface area contributed by atoms with Gasteiger partial charge in [-0.3, -0.25) is 4.79 Å². The van der Waals surface area contributed by atoms with Gasteiger partial charge in [-0.05, 0) is 36.8 Å². The maximum atomic E-state index is 12.9. The minimum absolute atomic E-state index is 0.183. The number of aromatic nitrogens is 3. The van der Waals surface area contributed by atoms with Crippen molar-refractivity contribution in [2.75, 3.05) is 11.1 Å². The average molecular weight is 332 g/mol. The minimum atomic E-state index is -0.289. The lowest BCUT2D eigenvalue weighted by Gasteiger charge is -1.99. The number of anilines is 1. The SMILES string of the molecule is Cc1cc(NC(=O)CSc2ncc(-c3ccc(F)cc3)[nH]2)no1. The van der Waals surface area contributed by atoms with Crippen LogP contribution in [-0.2, 0) is 4.79 Å². The molecule has 0 fully saturated rings. The zero-order valence-electron chi connectivity index (χ0n) is 12.2. The molecule has 23 heavy (non-hydrogen) atoms. The molecule has 6 nitrogen and oxygen atoms in total. The van der Waals surface area contributed by atoms with E-state index in [0.29, 0.717) is 16.7 Å². The van der Waals surface area contributed by atoms with Crippen molar-refractivity contribution in [2.24, 2.45) is 0 Å². The number of rotatable bonds is 5. The molecular weight excluding hydrogens is 319 g/mol. The number of nitrogens with zero attached hydrogens (tertiary/aromatic N) is 2. The van der Waals surface area contributed by atoms with E-state index in [0.717, 1.165) is 11.3 Å². The number of imidazole rings is 1. The van der Waals surface area contributed by atoms with Crippen molar-refractivity contribution < 1.29 is 13.7 Å². The molecule has 0 saturated heterocycles. The van der Waals surface area contributed by atoms with Gasteiger partial charge in [0, 0.05) is 6.07 Å². The molecule has 0 unspecified atom stereocenters. The molecule has 2 aromatic heterocycles. The normalized spacial score (nSPS) is 10.7. The highest BCUT2D eigenvalue weighted by molar-refractivity contribution is 7.99. The van der Waals surface area contributed by atoms with Crippen LogP contribution in [0.4, 0.5) is 10.2 Å². The summed E-state index contributed by atoms with van der Waals surface area (Å²) in [6, 6.07) is 7.74. The smallest absolute Gasteiger partial charge is 0.236 e. The number of carbonyl (C=O) groups excluding carboxylic acids is 1. The van der Waals surface area contributed by atoms with E-state index in [1.54, 1.807) is 31.3 Å². The Balaban J connectivity index is 1.56. The van der Waals surface area contributed by atoms with E-state index in [4.69, 9.17) is 4.52 Å². The molecule has 3 rings (SSSR count). The van der Waals surface area contributed by atoms with Crippen LogP contribution in [0.5, 0.6) is 0 Å². The van der Waals surface area contributed by atoms with Gasteiger partial charge in [0.1, 0.15) is 11.6 Å². The average Bonchev–Trinajstić information content (AvgIpc) is 3.15. The third-order valence-electron chi connectivity index (χ3n) is 2.94. The lowest BCUT2D eigenvalue weighted by atomic mass is 10.2. The predicted molar refractivity (Wildman–Crippen MR) is 84.6 cm³/mol. The van der Waals surface area contributed by atoms with Gasteiger partial charge in [-0.15, -0.1) is 0 Å². The third kappa shape index (κ3) is 3.98. The van der Waals surface area contributed by atoms with Gasteiger partial charge < -0.3 is 14.8 Å². The van der Waals surface area contributed by atoms with Crippen LogP contribution in [0.25, 0.3) is 11.3 Å². The molecular formula is C15H13FN4O2S. The second-order valence-corrected chi connectivity index (χ2v) is 5.73. The second-order valence-electron chi connectivity index (χ2n) is 4.77. The number of amides is 1. The number of halogens is 1. The summed E-state index contributed by atoms with van der Waals surface area (Å²) in [5, 5.41) is 6.93. The van der Waals surface area contributed by atoms with E-state index in [1.165, 1.54) is 23.9 Å². The number of carbonyl (C=O) groups is 1. The first kappa shape index (κ1) is 15.3. The van der Waals surface area contributed by atoms with Gasteiger partial charge in [0.25, 0.3) is 0 Å². The molecule has 0 saturated carbocycles. The summed E-state index contributed by atoms with van der Waals surface area (Å²) in [6.45, 7) is 1.75. The van der Waals surface area contributed by atoms with Gasteiger partial charge in [-0.1, -0.05) is 16.9 Å². The first-order chi connectivity index (χ1) is 11.1. The maximum absolute atomic E-state index is 12.9. The van der Waals surface area contributed by atoms with Crippen molar-refractivity contribution in [2.45, 2.75) is 12.1 Å². The summed E-state index contributed by atoms with van der Waals surface area (Å²) < 4.78 is 17.8. The first-order valence-corrected chi connectivity index (χ1v) is 7.75. The van der Waals surface area contributed by atoms with Crippen molar-refractivity contribution in [3.63, 3.8) is 0 Å². The molecule has 0 bridgehead atoms. The maximum Gasteiger partial charge on any atom is 0.236 e. The van der Waals surface area contributed by atoms with E-state index in [9.17, 15) is 9.18 Å². The van der Waals surface area contributed by atoms with Crippen LogP contribution < -0.4 is 5.32 Å². The van der Waals surface area contributed by atoms with Crippen LogP contribution in [-0.4, -0.2) is 26.8 Å². The molecule has 118 valence electrons. The number of nitrogens with one attached hydrogen (secondary N) is 2. The Labute approximate surface area is 135 Å². The summed E-state index contributed by atoms with van der Waals surface area (Å²) in [4.78, 5) is 19.1. The van der Waals surface area contributed by atoms with Crippen LogP contribution in [0.15, 0.2) is 46.2 Å². The fourth-order valence-corrected chi connectivity index (χ4v) is 2.54. The summed E-state index contributed by atoms with van der Waals surface area (Å²) >= 11 is 1.26. The number of hydrogen-bond acceptors (Lipinski definition) is 5. The van der Waals surface area contributed by atoms with Crippen LogP contribution in [0.3, 0.4) is 0 Å². The van der Waals surface area contributed by atoms with E-state index >= 15 is 0 Å². The van der Waals surface area contributed by atoms with E-state index < -0.39 is 0 Å². The van der Waals surface area contributed by atoms with Crippen molar-refractivity contribution in [1.29, 1.82) is 0 Å². The van der Waals surface area contributed by atoms with Crippen LogP contribution in [0, 0.1) is 12.7 Å². The summed E-state index contributed by atoms with van der Waals surface area (Å²) in [5.41, 5.74) is 1.59. The molecule has 2 heterocycles. The molecule has 0 aliphatic rings. The standard InChI is InChI=1S/C15H13FN4O2S/c1-9-6-13(20-22-9)19-14(21)8-23-15-17-7-12(18-15)10-2-4-11(16)5-3-10/h2-7H,8H2,1H3,(H,17,18)(H,19,20,21). The molecule has 0 aliphatic heterocycles. The Morgan fingerprint density at radius 1 is 1.39 bits per heavy atom. The minimum Gasteiger partial charge on any atom is -0.360 e. The Kier molecular flexibility index (Phi) is 4.42. The summed E-state index contributed by atoms with van der Waals surface area (Å²) in [6.07, 6.45) is 1.65. The topological polar surface area (TPSA) is 83.8 Å². The number of aryl methyl sites for hydroxylation is 1. The number of H-pyrrole nitrogens is 1. The fraction of sp³-hybridized carbons (Fsp3) is 0.133. The quantitative estimate of drug-likeness (QED) is 0.701. The largest absolute Gasteiger partial charge is 0.360 e. The van der Waals surface area contributed by atoms with Gasteiger partial charge in [-0.25, -0.2) is 9.37 Å². The predicted octanol–water partition coefficient (Wildman–Crippen LogP) is 3.24. The molecule has 3 aromatic rings. The number of benzene rings is 1. The first-order valence-electron chi connectivity index (χ1n) is 6.77. The summed E-state index contributed by atoms with van der Waals surface area (Å²) in [7, 11) is 0. The van der Waals surface area contributed by atoms with E-state index in [-0.39, 0.29) is 17.5 Å². The third-order valence-corrected chi connectivity index (χ3v) is 3.83. The summed E-state index contributed by atoms with van der Waals surface area (Å²) in [5.74, 6) is 0.704. The molecule has 2 N–H and O–H groups in total. The zero-order chi connectivity index (χ0) is 16.2. The highest BCUT2D eigenvalue weighted by atomic mass is 32.2. The molecule has 0 radical (unpaired) electrons. The van der Waals surface area contributed by atoms with Gasteiger partial charge in [-0.2, -0.15) is 0 Å². The van der Waals surface area contributed by atoms with Gasteiger partial charge in [0.2, 0.25) is 5.91 Å². The van der Waals surface area contributed by atoms with Gasteiger partial charge in [0.05, 0.1) is 17.6 Å². The molecule has 0 aliphatic carbocycles. The lowest BCUT2D eigenvalue weighted by molar-refractivity contribution is -0.113. The number of aromatic amines is 1. The molecule has 8 heteroatoms. The molecule has 1 amide bonds. The Morgan fingerprint density at radius 2 is 2.17 bits per heavy atom. The van der Waals surface area contributed by atoms with E-state index in [1.807, 2.05) is 0 Å². The van der Waals surface area contributed by atoms with Gasteiger partial charge >= 0.3 is 0 Å². The van der Waals surface area contributed by atoms with Crippen molar-refractivity contribution in [3.05, 3.63) is 48.1 Å². The highest BCUT2D eigenvalue weighted by Crippen LogP contribution is 2.21. The van der Waals surface area contributed by atoms with Crippen molar-refractivity contribution >= 4 is 23.5 Å². The van der Waals surface area contributed by atoms with Crippen molar-refractivity contribution in [3.8, 4) is 11.3 Å². The number of hydrogen-bond donors (Lipinski definition) is 2. The van der Waals surface area contributed by atoms with E-state index in [2.05, 4.69) is 20.4 Å². The van der Waals surface area contributed by atoms with Crippen molar-refractivity contribution in [1.82, 2.24) is 15.1 Å².